The molecular formula is C18H20N4O2S3. The number of carbonyl (C=O) groups excluding carboxylic acids is 1. The molecule has 9 heteroatoms. The van der Waals surface area contributed by atoms with Gasteiger partial charge in [-0.25, -0.2) is 4.98 Å². The number of hydrogen-bond donors (Lipinski definition) is 1. The Bertz CT molecular complexity index is 907. The maximum Gasteiger partial charge on any atom is 0.295 e. The highest BCUT2D eigenvalue weighted by Crippen LogP contribution is 2.30. The van der Waals surface area contributed by atoms with Crippen LogP contribution >= 0.6 is 34.4 Å². The number of carbonyl (C=O) groups is 1. The lowest BCUT2D eigenvalue weighted by Crippen LogP contribution is -2.15. The van der Waals surface area contributed by atoms with Gasteiger partial charge in [-0.3, -0.25) is 4.79 Å². The third kappa shape index (κ3) is 6.02. The lowest BCUT2D eigenvalue weighted by molar-refractivity contribution is -0.115. The molecule has 2 aromatic heterocycles. The minimum atomic E-state index is -0.0579. The monoisotopic (exact) mass is 420 g/mol. The fourth-order valence-corrected chi connectivity index (χ4v) is 4.78. The zero-order chi connectivity index (χ0) is 19.2. The summed E-state index contributed by atoms with van der Waals surface area (Å²) in [5.41, 5.74) is 2.82. The maximum absolute atomic E-state index is 12.2. The first kappa shape index (κ1) is 19.8. The number of aromatic nitrogens is 3. The molecule has 0 radical (unpaired) electrons. The van der Waals surface area contributed by atoms with E-state index in [1.54, 1.807) is 11.8 Å². The minimum Gasteiger partial charge on any atom is -0.466 e. The molecule has 0 atom stereocenters. The zero-order valence-corrected chi connectivity index (χ0v) is 17.7. The van der Waals surface area contributed by atoms with Crippen molar-refractivity contribution >= 4 is 46.0 Å². The van der Waals surface area contributed by atoms with Crippen LogP contribution in [0, 0.1) is 6.92 Å². The minimum absolute atomic E-state index is 0.0579. The van der Waals surface area contributed by atoms with Crippen molar-refractivity contribution in [2.24, 2.45) is 0 Å². The van der Waals surface area contributed by atoms with Gasteiger partial charge in [-0.15, -0.1) is 16.4 Å². The van der Waals surface area contributed by atoms with E-state index in [0.29, 0.717) is 10.9 Å². The fraction of sp³-hybridized carbons (Fsp3) is 0.333. The Balaban J connectivity index is 1.50. The highest BCUT2D eigenvalue weighted by Gasteiger charge is 2.11. The number of para-hydroxylation sites is 1. The number of nitrogens with one attached hydrogen (secondary N) is 1. The number of ether oxygens (including phenoxy) is 1. The predicted octanol–water partition coefficient (Wildman–Crippen LogP) is 4.56. The molecule has 0 spiro atoms. The SMILES string of the molecule is Cc1ccccc1NC(=O)Cc1nc(CSc2nnc(OC(C)C)s2)cs1. The first-order valence-electron chi connectivity index (χ1n) is 8.41. The standard InChI is InChI=1S/C18H20N4O2S3/c1-11(2)24-17-21-22-18(27-17)26-10-13-9-25-16(19-13)8-15(23)20-14-7-5-4-6-12(14)3/h4-7,9,11H,8,10H2,1-3H3,(H,20,23). The van der Waals surface area contributed by atoms with E-state index in [4.69, 9.17) is 4.74 Å². The quantitative estimate of drug-likeness (QED) is 0.538. The lowest BCUT2D eigenvalue weighted by atomic mass is 10.2. The molecule has 3 aromatic rings. The molecule has 2 heterocycles. The largest absolute Gasteiger partial charge is 0.466 e. The number of amides is 1. The molecule has 3 rings (SSSR count). The number of anilines is 1. The molecule has 1 aromatic carbocycles. The van der Waals surface area contributed by atoms with Gasteiger partial charge in [-0.2, -0.15) is 0 Å². The van der Waals surface area contributed by atoms with E-state index in [2.05, 4.69) is 20.5 Å². The van der Waals surface area contributed by atoms with E-state index >= 15 is 0 Å². The number of rotatable bonds is 8. The van der Waals surface area contributed by atoms with E-state index in [9.17, 15) is 4.79 Å². The van der Waals surface area contributed by atoms with Gasteiger partial charge in [-0.05, 0) is 43.7 Å². The summed E-state index contributed by atoms with van der Waals surface area (Å²) in [7, 11) is 0. The molecule has 1 N–H and O–H groups in total. The number of benzene rings is 1. The summed E-state index contributed by atoms with van der Waals surface area (Å²) >= 11 is 4.50. The van der Waals surface area contributed by atoms with Crippen LogP contribution in [0.4, 0.5) is 5.69 Å². The number of thiazole rings is 1. The van der Waals surface area contributed by atoms with Gasteiger partial charge in [0.2, 0.25) is 5.91 Å². The summed E-state index contributed by atoms with van der Waals surface area (Å²) in [6.07, 6.45) is 0.359. The van der Waals surface area contributed by atoms with Crippen LogP contribution in [0.1, 0.15) is 30.1 Å². The van der Waals surface area contributed by atoms with Crippen LogP contribution in [-0.4, -0.2) is 27.2 Å². The Morgan fingerprint density at radius 1 is 1.30 bits per heavy atom. The normalized spacial score (nSPS) is 11.0. The van der Waals surface area contributed by atoms with Crippen molar-refractivity contribution in [3.8, 4) is 5.19 Å². The first-order chi connectivity index (χ1) is 13.0. The summed E-state index contributed by atoms with van der Waals surface area (Å²) < 4.78 is 6.37. The van der Waals surface area contributed by atoms with Crippen LogP contribution in [0.3, 0.4) is 0 Å². The smallest absolute Gasteiger partial charge is 0.295 e. The lowest BCUT2D eigenvalue weighted by Gasteiger charge is -2.06. The maximum atomic E-state index is 12.2. The average Bonchev–Trinajstić information content (AvgIpc) is 3.24. The molecule has 27 heavy (non-hydrogen) atoms. The van der Waals surface area contributed by atoms with Crippen LogP contribution in [0.15, 0.2) is 34.0 Å². The average molecular weight is 421 g/mol. The van der Waals surface area contributed by atoms with E-state index in [-0.39, 0.29) is 18.4 Å². The van der Waals surface area contributed by atoms with Crippen LogP contribution in [-0.2, 0) is 17.0 Å². The van der Waals surface area contributed by atoms with Crippen molar-refractivity contribution in [2.45, 2.75) is 43.4 Å². The van der Waals surface area contributed by atoms with Crippen molar-refractivity contribution in [3.63, 3.8) is 0 Å². The third-order valence-corrected chi connectivity index (χ3v) is 6.28. The van der Waals surface area contributed by atoms with E-state index in [1.165, 1.54) is 22.7 Å². The number of thioether (sulfide) groups is 1. The second-order valence-corrected chi connectivity index (χ2v) is 9.17. The predicted molar refractivity (Wildman–Crippen MR) is 111 cm³/mol. The Labute approximate surface area is 170 Å². The molecule has 142 valence electrons. The number of hydrogen-bond acceptors (Lipinski definition) is 8. The zero-order valence-electron chi connectivity index (χ0n) is 15.3. The van der Waals surface area contributed by atoms with E-state index < -0.39 is 0 Å². The Kier molecular flexibility index (Phi) is 6.81. The highest BCUT2D eigenvalue weighted by molar-refractivity contribution is 8.00. The molecule has 0 aliphatic carbocycles. The number of aryl methyl sites for hydroxylation is 1. The van der Waals surface area contributed by atoms with Gasteiger partial charge in [-0.1, -0.05) is 35.1 Å². The summed E-state index contributed by atoms with van der Waals surface area (Å²) in [5.74, 6) is 0.629. The summed E-state index contributed by atoms with van der Waals surface area (Å²) in [5, 5.41) is 14.4. The van der Waals surface area contributed by atoms with Gasteiger partial charge in [0, 0.05) is 16.8 Å². The molecule has 0 bridgehead atoms. The molecule has 0 saturated heterocycles. The summed E-state index contributed by atoms with van der Waals surface area (Å²) in [6, 6.07) is 7.73. The summed E-state index contributed by atoms with van der Waals surface area (Å²) in [6.45, 7) is 5.89. The molecule has 0 aliphatic heterocycles. The molecule has 0 fully saturated rings. The third-order valence-electron chi connectivity index (χ3n) is 3.40. The molecule has 0 aliphatic rings. The van der Waals surface area contributed by atoms with Crippen molar-refractivity contribution in [3.05, 3.63) is 45.9 Å². The van der Waals surface area contributed by atoms with Gasteiger partial charge in [0.25, 0.3) is 5.19 Å². The molecular weight excluding hydrogens is 400 g/mol. The van der Waals surface area contributed by atoms with Crippen LogP contribution in [0.25, 0.3) is 0 Å². The number of nitrogens with zero attached hydrogens (tertiary/aromatic N) is 3. The van der Waals surface area contributed by atoms with Crippen molar-refractivity contribution in [1.82, 2.24) is 15.2 Å². The highest BCUT2D eigenvalue weighted by atomic mass is 32.2. The molecule has 0 saturated carbocycles. The van der Waals surface area contributed by atoms with Gasteiger partial charge in [0.1, 0.15) is 5.01 Å². The van der Waals surface area contributed by atoms with Gasteiger partial charge in [0.15, 0.2) is 4.34 Å². The van der Waals surface area contributed by atoms with Crippen molar-refractivity contribution in [1.29, 1.82) is 0 Å². The topological polar surface area (TPSA) is 77.0 Å². The van der Waals surface area contributed by atoms with Crippen LogP contribution < -0.4 is 10.1 Å². The Hall–Kier alpha value is -1.97. The summed E-state index contributed by atoms with van der Waals surface area (Å²) in [4.78, 5) is 16.8. The van der Waals surface area contributed by atoms with Crippen molar-refractivity contribution < 1.29 is 9.53 Å². The van der Waals surface area contributed by atoms with E-state index in [1.807, 2.05) is 50.4 Å². The Morgan fingerprint density at radius 3 is 2.89 bits per heavy atom. The molecule has 1 amide bonds. The van der Waals surface area contributed by atoms with Gasteiger partial charge >= 0.3 is 0 Å². The fourth-order valence-electron chi connectivity index (χ4n) is 2.18. The van der Waals surface area contributed by atoms with Crippen molar-refractivity contribution in [2.75, 3.05) is 5.32 Å². The van der Waals surface area contributed by atoms with E-state index in [0.717, 1.165) is 26.3 Å². The first-order valence-corrected chi connectivity index (χ1v) is 11.1. The Morgan fingerprint density at radius 2 is 2.11 bits per heavy atom. The second kappa shape index (κ2) is 9.29. The van der Waals surface area contributed by atoms with Gasteiger partial charge < -0.3 is 10.1 Å². The van der Waals surface area contributed by atoms with Crippen LogP contribution in [0.2, 0.25) is 0 Å². The second-order valence-electron chi connectivity index (χ2n) is 6.06. The molecule has 0 unspecified atom stereocenters. The van der Waals surface area contributed by atoms with Gasteiger partial charge in [0.05, 0.1) is 18.2 Å². The molecule has 6 nitrogen and oxygen atoms in total. The van der Waals surface area contributed by atoms with Crippen LogP contribution in [0.5, 0.6) is 5.19 Å².